The predicted molar refractivity (Wildman–Crippen MR) is 163 cm³/mol. The number of carbonyl (C=O) groups is 2. The summed E-state index contributed by atoms with van der Waals surface area (Å²) in [6.07, 6.45) is -3.39. The minimum Gasteiger partial charge on any atom is -0.480 e. The number of nitrogens with one attached hydrogen (secondary N) is 1. The highest BCUT2D eigenvalue weighted by molar-refractivity contribution is 6.30. The molecule has 0 spiro atoms. The van der Waals surface area contributed by atoms with Crippen LogP contribution in [0.5, 0.6) is 0 Å². The van der Waals surface area contributed by atoms with Crippen LogP contribution in [0.4, 0.5) is 18.9 Å². The van der Waals surface area contributed by atoms with E-state index in [-0.39, 0.29) is 28.8 Å². The Morgan fingerprint density at radius 1 is 0.795 bits per heavy atom. The zero-order valence-corrected chi connectivity index (χ0v) is 23.6. The zero-order chi connectivity index (χ0) is 31.4. The summed E-state index contributed by atoms with van der Waals surface area (Å²) in [6.45, 7) is 0. The highest BCUT2D eigenvalue weighted by Gasteiger charge is 2.30. The van der Waals surface area contributed by atoms with Crippen LogP contribution in [0, 0.1) is 0 Å². The van der Waals surface area contributed by atoms with Crippen LogP contribution >= 0.6 is 11.6 Å². The van der Waals surface area contributed by atoms with Crippen molar-refractivity contribution in [2.75, 3.05) is 5.32 Å². The molecule has 2 N–H and O–H groups in total. The first-order valence-corrected chi connectivity index (χ1v) is 13.8. The fraction of sp³-hybridized carbons (Fsp3) is 0.0882. The molecular weight excluding hydrogens is 593 g/mol. The van der Waals surface area contributed by atoms with Crippen molar-refractivity contribution in [3.8, 4) is 22.3 Å². The molecule has 1 heterocycles. The third-order valence-corrected chi connectivity index (χ3v) is 7.31. The van der Waals surface area contributed by atoms with Crippen LogP contribution < -0.4 is 10.9 Å². The van der Waals surface area contributed by atoms with Crippen LogP contribution in [-0.2, 0) is 17.4 Å². The number of halogens is 4. The van der Waals surface area contributed by atoms with Crippen LogP contribution in [0.2, 0.25) is 5.02 Å². The van der Waals surface area contributed by atoms with Crippen molar-refractivity contribution in [1.29, 1.82) is 0 Å². The van der Waals surface area contributed by atoms with Gasteiger partial charge in [0.25, 0.3) is 11.5 Å². The number of anilines is 1. The summed E-state index contributed by atoms with van der Waals surface area (Å²) in [5.74, 6) is -1.94. The van der Waals surface area contributed by atoms with Crippen molar-refractivity contribution in [2.45, 2.75) is 18.6 Å². The summed E-state index contributed by atoms with van der Waals surface area (Å²) in [6, 6.07) is 26.8. The minimum absolute atomic E-state index is 0.1000. The Kier molecular flexibility index (Phi) is 8.69. The van der Waals surface area contributed by atoms with Gasteiger partial charge in [-0.3, -0.25) is 14.2 Å². The maximum Gasteiger partial charge on any atom is 0.416 e. The van der Waals surface area contributed by atoms with E-state index < -0.39 is 35.2 Å². The van der Waals surface area contributed by atoms with Gasteiger partial charge in [-0.1, -0.05) is 78.3 Å². The molecule has 6 nitrogen and oxygen atoms in total. The SMILES string of the molecule is O=C(Nc1cc(-c2ccc(C(F)(F)F)cc2)cn(C(Cc2ccc(Cl)cc2)C(=O)O)c1=O)c1ccc(-c2ccccc2)cc1. The van der Waals surface area contributed by atoms with Crippen molar-refractivity contribution >= 4 is 29.2 Å². The second-order valence-electron chi connectivity index (χ2n) is 10.0. The Hall–Kier alpha value is -5.15. The van der Waals surface area contributed by atoms with Crippen molar-refractivity contribution < 1.29 is 27.9 Å². The molecule has 0 saturated carbocycles. The first-order valence-electron chi connectivity index (χ1n) is 13.4. The Morgan fingerprint density at radius 3 is 1.95 bits per heavy atom. The highest BCUT2D eigenvalue weighted by atomic mass is 35.5. The first kappa shape index (κ1) is 30.3. The van der Waals surface area contributed by atoms with E-state index in [1.165, 1.54) is 24.4 Å². The molecule has 44 heavy (non-hydrogen) atoms. The second-order valence-corrected chi connectivity index (χ2v) is 10.4. The zero-order valence-electron chi connectivity index (χ0n) is 22.9. The van der Waals surface area contributed by atoms with Gasteiger partial charge >= 0.3 is 12.1 Å². The number of benzene rings is 4. The number of rotatable bonds is 8. The maximum absolute atomic E-state index is 13.6. The number of nitrogens with zero attached hydrogens (tertiary/aromatic N) is 1. The third-order valence-electron chi connectivity index (χ3n) is 7.05. The number of aromatic nitrogens is 1. The van der Waals surface area contributed by atoms with E-state index in [0.29, 0.717) is 10.6 Å². The average Bonchev–Trinajstić information content (AvgIpc) is 3.02. The molecule has 0 saturated heterocycles. The molecule has 0 aliphatic rings. The fourth-order valence-electron chi connectivity index (χ4n) is 4.72. The first-order chi connectivity index (χ1) is 21.0. The van der Waals surface area contributed by atoms with Gasteiger partial charge in [0.1, 0.15) is 11.7 Å². The van der Waals surface area contributed by atoms with Crippen LogP contribution in [0.25, 0.3) is 22.3 Å². The van der Waals surface area contributed by atoms with Crippen LogP contribution in [0.3, 0.4) is 0 Å². The molecule has 0 radical (unpaired) electrons. The number of hydrogen-bond donors (Lipinski definition) is 2. The Labute approximate surface area is 255 Å². The fourth-order valence-corrected chi connectivity index (χ4v) is 4.85. The monoisotopic (exact) mass is 616 g/mol. The molecule has 0 bridgehead atoms. The number of aliphatic carboxylic acids is 1. The number of carboxylic acids is 1. The summed E-state index contributed by atoms with van der Waals surface area (Å²) >= 11 is 5.96. The summed E-state index contributed by atoms with van der Waals surface area (Å²) in [4.78, 5) is 39.3. The van der Waals surface area contributed by atoms with Gasteiger partial charge in [0.2, 0.25) is 0 Å². The molecule has 0 aliphatic carbocycles. The van der Waals surface area contributed by atoms with E-state index in [1.807, 2.05) is 30.3 Å². The number of carboxylic acid groups (broad SMARTS) is 1. The Balaban J connectivity index is 1.54. The lowest BCUT2D eigenvalue weighted by molar-refractivity contribution is -0.141. The van der Waals surface area contributed by atoms with Gasteiger partial charge in [-0.05, 0) is 64.7 Å². The molecular formula is C34H24ClF3N2O4. The van der Waals surface area contributed by atoms with Crippen LogP contribution in [0.15, 0.2) is 120 Å². The molecule has 1 amide bonds. The van der Waals surface area contributed by atoms with Crippen LogP contribution in [-0.4, -0.2) is 21.6 Å². The summed E-state index contributed by atoms with van der Waals surface area (Å²) < 4.78 is 40.5. The second kappa shape index (κ2) is 12.6. The van der Waals surface area contributed by atoms with Gasteiger partial charge in [-0.15, -0.1) is 0 Å². The van der Waals surface area contributed by atoms with Gasteiger partial charge in [0.05, 0.1) is 5.56 Å². The standard InChI is InChI=1S/C34H24ClF3N2O4/c35-28-16-6-21(7-17-28)18-30(33(43)44)40-20-26(24-12-14-27(15-13-24)34(36,37)38)19-29(32(40)42)39-31(41)25-10-8-23(9-11-25)22-4-2-1-3-5-22/h1-17,19-20,30H,18H2,(H,39,41)(H,43,44). The predicted octanol–water partition coefficient (Wildman–Crippen LogP) is 7.98. The van der Waals surface area contributed by atoms with E-state index in [2.05, 4.69) is 5.32 Å². The number of alkyl halides is 3. The van der Waals surface area contributed by atoms with Gasteiger partial charge in [0, 0.05) is 28.8 Å². The minimum atomic E-state index is -4.56. The van der Waals surface area contributed by atoms with Crippen molar-refractivity contribution in [1.82, 2.24) is 4.57 Å². The Morgan fingerprint density at radius 2 is 1.36 bits per heavy atom. The topological polar surface area (TPSA) is 88.4 Å². The van der Waals surface area contributed by atoms with Gasteiger partial charge in [-0.2, -0.15) is 13.2 Å². The molecule has 1 atom stereocenters. The van der Waals surface area contributed by atoms with Gasteiger partial charge in [-0.25, -0.2) is 4.79 Å². The highest BCUT2D eigenvalue weighted by Crippen LogP contribution is 2.32. The lowest BCUT2D eigenvalue weighted by Crippen LogP contribution is -2.33. The van der Waals surface area contributed by atoms with E-state index in [4.69, 9.17) is 11.6 Å². The number of amides is 1. The normalized spacial score (nSPS) is 12.0. The Bertz CT molecular complexity index is 1850. The molecule has 222 valence electrons. The maximum atomic E-state index is 13.6. The number of hydrogen-bond acceptors (Lipinski definition) is 3. The van der Waals surface area contributed by atoms with E-state index in [9.17, 15) is 32.7 Å². The largest absolute Gasteiger partial charge is 0.480 e. The molecule has 0 aliphatic heterocycles. The molecule has 1 unspecified atom stereocenters. The molecule has 5 aromatic rings. The van der Waals surface area contributed by atoms with Gasteiger partial charge < -0.3 is 10.4 Å². The van der Waals surface area contributed by atoms with Crippen molar-refractivity contribution in [3.05, 3.63) is 147 Å². The summed E-state index contributed by atoms with van der Waals surface area (Å²) in [7, 11) is 0. The summed E-state index contributed by atoms with van der Waals surface area (Å²) in [5.41, 5.74) is 1.27. The molecule has 10 heteroatoms. The average molecular weight is 617 g/mol. The van der Waals surface area contributed by atoms with E-state index >= 15 is 0 Å². The van der Waals surface area contributed by atoms with Gasteiger partial charge in [0.15, 0.2) is 0 Å². The van der Waals surface area contributed by atoms with Crippen molar-refractivity contribution in [2.24, 2.45) is 0 Å². The van der Waals surface area contributed by atoms with Crippen molar-refractivity contribution in [3.63, 3.8) is 0 Å². The molecule has 4 aromatic carbocycles. The smallest absolute Gasteiger partial charge is 0.416 e. The quantitative estimate of drug-likeness (QED) is 0.185. The molecule has 5 rings (SSSR count). The number of carbonyl (C=O) groups excluding carboxylic acids is 1. The third kappa shape index (κ3) is 6.90. The van der Waals surface area contributed by atoms with E-state index in [1.54, 1.807) is 48.5 Å². The molecule has 0 fully saturated rings. The van der Waals surface area contributed by atoms with Crippen LogP contribution in [0.1, 0.15) is 27.5 Å². The molecule has 1 aromatic heterocycles. The number of pyridine rings is 1. The van der Waals surface area contributed by atoms with E-state index in [0.717, 1.165) is 27.8 Å². The lowest BCUT2D eigenvalue weighted by Gasteiger charge is -2.19. The lowest BCUT2D eigenvalue weighted by atomic mass is 10.0. The summed E-state index contributed by atoms with van der Waals surface area (Å²) in [5, 5.41) is 13.1.